The van der Waals surface area contributed by atoms with E-state index in [1.807, 2.05) is 0 Å². The normalized spacial score (nSPS) is 21.0. The third-order valence-electron chi connectivity index (χ3n) is 0.424. The monoisotopic (exact) mass is 95.0 g/mol. The fourth-order valence-electron chi connectivity index (χ4n) is 0.0447. The Morgan fingerprint density at radius 3 is 1.60 bits per heavy atom. The molecular weight excluding hydrogens is 89.5 g/mol. The molecule has 1 aliphatic rings. The van der Waals surface area contributed by atoms with E-state index in [1.54, 1.807) is 0 Å². The second-order valence-electron chi connectivity index (χ2n) is 0.954. The smallest absolute Gasteiger partial charge is 0.0389 e. The average Bonchev–Trinajstić information content (AvgIpc) is 1.75. The largest absolute Gasteiger partial charge is 0.314 e. The molecule has 0 aromatic carbocycles. The predicted octanol–water partition coefficient (Wildman–Crippen LogP) is 0.113. The molecule has 0 spiro atoms. The van der Waals surface area contributed by atoms with Gasteiger partial charge in [-0.3, -0.25) is 0 Å². The lowest BCUT2D eigenvalue weighted by Gasteiger charge is -1.67. The van der Waals surface area contributed by atoms with Crippen LogP contribution in [0.25, 0.3) is 0 Å². The zero-order valence-corrected chi connectivity index (χ0v) is 3.53. The van der Waals surface area contributed by atoms with Crippen LogP contribution >= 0.6 is 12.4 Å². The molecule has 0 bridgehead atoms. The van der Waals surface area contributed by atoms with Crippen molar-refractivity contribution in [2.75, 3.05) is 13.1 Å². The second-order valence-corrected chi connectivity index (χ2v) is 0.954. The molecule has 1 heterocycles. The zero-order valence-electron chi connectivity index (χ0n) is 2.72. The van der Waals surface area contributed by atoms with Crippen molar-refractivity contribution in [1.29, 1.82) is 0 Å². The van der Waals surface area contributed by atoms with E-state index in [1.165, 1.54) is 5.06 Å². The van der Waals surface area contributed by atoms with Crippen molar-refractivity contribution in [3.63, 3.8) is 0 Å². The van der Waals surface area contributed by atoms with Crippen LogP contribution < -0.4 is 0 Å². The number of nitrogens with zero attached hydrogens (tertiary/aromatic N) is 1. The minimum Gasteiger partial charge on any atom is -0.314 e. The van der Waals surface area contributed by atoms with E-state index in [0.29, 0.717) is 0 Å². The predicted molar refractivity (Wildman–Crippen MR) is 20.6 cm³/mol. The number of rotatable bonds is 0. The van der Waals surface area contributed by atoms with Gasteiger partial charge in [0, 0.05) is 13.1 Å². The van der Waals surface area contributed by atoms with Crippen LogP contribution in [0.15, 0.2) is 0 Å². The highest BCUT2D eigenvalue weighted by atomic mass is 35.5. The van der Waals surface area contributed by atoms with Crippen LogP contribution in [0.5, 0.6) is 0 Å². The minimum absolute atomic E-state index is 0. The summed E-state index contributed by atoms with van der Waals surface area (Å²) >= 11 is 0. The van der Waals surface area contributed by atoms with Gasteiger partial charge in [-0.05, 0) is 0 Å². The van der Waals surface area contributed by atoms with Gasteiger partial charge >= 0.3 is 0 Å². The summed E-state index contributed by atoms with van der Waals surface area (Å²) in [5, 5.41) is 9.25. The van der Waals surface area contributed by atoms with Gasteiger partial charge in [-0.15, -0.1) is 12.4 Å². The maximum Gasteiger partial charge on any atom is 0.0389 e. The molecule has 0 aromatic rings. The molecule has 5 heavy (non-hydrogen) atoms. The van der Waals surface area contributed by atoms with Crippen LogP contribution in [0, 0.1) is 0 Å². The molecule has 1 aliphatic heterocycles. The summed E-state index contributed by atoms with van der Waals surface area (Å²) in [5.41, 5.74) is 0. The fraction of sp³-hybridized carbons (Fsp3) is 1.00. The summed E-state index contributed by atoms with van der Waals surface area (Å²) in [4.78, 5) is 0. The number of hydroxylamine groups is 2. The van der Waals surface area contributed by atoms with Gasteiger partial charge in [-0.2, -0.15) is 5.06 Å². The lowest BCUT2D eigenvalue weighted by molar-refractivity contribution is 0.0349. The van der Waals surface area contributed by atoms with Crippen LogP contribution in [-0.4, -0.2) is 23.4 Å². The van der Waals surface area contributed by atoms with Crippen molar-refractivity contribution in [1.82, 2.24) is 5.06 Å². The van der Waals surface area contributed by atoms with E-state index in [0.717, 1.165) is 13.1 Å². The Hall–Kier alpha value is 0.210. The van der Waals surface area contributed by atoms with E-state index < -0.39 is 0 Å². The Bertz CT molecular complexity index is 28.8. The second kappa shape index (κ2) is 1.60. The Morgan fingerprint density at radius 2 is 1.60 bits per heavy atom. The summed E-state index contributed by atoms with van der Waals surface area (Å²) in [5.74, 6) is 0. The molecule has 0 aliphatic carbocycles. The summed E-state index contributed by atoms with van der Waals surface area (Å²) in [6, 6.07) is 0. The first-order valence-electron chi connectivity index (χ1n) is 1.33. The van der Waals surface area contributed by atoms with E-state index in [9.17, 15) is 0 Å². The highest BCUT2D eigenvalue weighted by Gasteiger charge is 2.10. The highest BCUT2D eigenvalue weighted by molar-refractivity contribution is 5.85. The van der Waals surface area contributed by atoms with Crippen molar-refractivity contribution >= 4 is 12.4 Å². The molecular formula is C2H6ClNO. The van der Waals surface area contributed by atoms with Gasteiger partial charge in [-0.1, -0.05) is 0 Å². The fourth-order valence-corrected chi connectivity index (χ4v) is 0.0447. The van der Waals surface area contributed by atoms with E-state index in [-0.39, 0.29) is 12.4 Å². The summed E-state index contributed by atoms with van der Waals surface area (Å²) < 4.78 is 0. The van der Waals surface area contributed by atoms with Crippen molar-refractivity contribution in [2.24, 2.45) is 0 Å². The third kappa shape index (κ3) is 2.00. The molecule has 0 saturated carbocycles. The van der Waals surface area contributed by atoms with Gasteiger partial charge in [0.05, 0.1) is 0 Å². The standard InChI is InChI=1S/C2H5NO.ClH/c4-3-1-2-3;/h4H,1-2H2;1H. The average molecular weight is 95.5 g/mol. The molecule has 0 radical (unpaired) electrons. The van der Waals surface area contributed by atoms with E-state index in [4.69, 9.17) is 5.21 Å². The first kappa shape index (κ1) is 5.21. The molecule has 1 saturated heterocycles. The van der Waals surface area contributed by atoms with Crippen LogP contribution in [0.1, 0.15) is 0 Å². The number of hydrogen-bond donors (Lipinski definition) is 1. The van der Waals surface area contributed by atoms with Gasteiger partial charge < -0.3 is 5.21 Å². The number of halogens is 1. The summed E-state index contributed by atoms with van der Waals surface area (Å²) in [6.07, 6.45) is 0. The van der Waals surface area contributed by atoms with Crippen molar-refractivity contribution in [2.45, 2.75) is 0 Å². The highest BCUT2D eigenvalue weighted by Crippen LogP contribution is 1.92. The molecule has 32 valence electrons. The SMILES string of the molecule is Cl.ON1CC1. The first-order chi connectivity index (χ1) is 1.89. The Kier molecular flexibility index (Phi) is 1.67. The quantitative estimate of drug-likeness (QED) is 0.432. The molecule has 1 fully saturated rings. The summed E-state index contributed by atoms with van der Waals surface area (Å²) in [6.45, 7) is 1.75. The molecule has 2 nitrogen and oxygen atoms in total. The Morgan fingerprint density at radius 1 is 1.40 bits per heavy atom. The van der Waals surface area contributed by atoms with Crippen molar-refractivity contribution in [3.05, 3.63) is 0 Å². The first-order valence-corrected chi connectivity index (χ1v) is 1.33. The molecule has 3 heteroatoms. The van der Waals surface area contributed by atoms with Crippen LogP contribution in [0.4, 0.5) is 0 Å². The van der Waals surface area contributed by atoms with Crippen LogP contribution in [0.2, 0.25) is 0 Å². The van der Waals surface area contributed by atoms with Gasteiger partial charge in [0.15, 0.2) is 0 Å². The molecule has 1 N–H and O–H groups in total. The lowest BCUT2D eigenvalue weighted by Crippen LogP contribution is -1.77. The van der Waals surface area contributed by atoms with Gasteiger partial charge in [0.25, 0.3) is 0 Å². The molecule has 0 unspecified atom stereocenters. The molecule has 0 amide bonds. The van der Waals surface area contributed by atoms with Crippen LogP contribution in [-0.2, 0) is 0 Å². The molecule has 0 atom stereocenters. The Balaban J connectivity index is 0.000000160. The number of hydrogen-bond acceptors (Lipinski definition) is 2. The Labute approximate surface area is 36.8 Å². The van der Waals surface area contributed by atoms with Gasteiger partial charge in [0.1, 0.15) is 0 Å². The third-order valence-corrected chi connectivity index (χ3v) is 0.424. The van der Waals surface area contributed by atoms with Gasteiger partial charge in [-0.25, -0.2) is 0 Å². The topological polar surface area (TPSA) is 23.2 Å². The van der Waals surface area contributed by atoms with Crippen molar-refractivity contribution < 1.29 is 5.21 Å². The van der Waals surface area contributed by atoms with E-state index in [2.05, 4.69) is 0 Å². The van der Waals surface area contributed by atoms with Crippen LogP contribution in [0.3, 0.4) is 0 Å². The zero-order chi connectivity index (χ0) is 2.99. The maximum atomic E-state index is 8.00. The van der Waals surface area contributed by atoms with E-state index >= 15 is 0 Å². The maximum absolute atomic E-state index is 8.00. The minimum atomic E-state index is 0. The molecule has 0 aromatic heterocycles. The molecule has 1 rings (SSSR count). The lowest BCUT2D eigenvalue weighted by atomic mass is 11.0. The summed E-state index contributed by atoms with van der Waals surface area (Å²) in [7, 11) is 0. The van der Waals surface area contributed by atoms with Crippen molar-refractivity contribution in [3.8, 4) is 0 Å². The van der Waals surface area contributed by atoms with Gasteiger partial charge in [0.2, 0.25) is 0 Å².